The first-order valence-corrected chi connectivity index (χ1v) is 10.9. The maximum atomic E-state index is 12.6. The molecule has 3 heterocycles. The van der Waals surface area contributed by atoms with E-state index in [9.17, 15) is 8.42 Å². The van der Waals surface area contributed by atoms with Crippen LogP contribution in [0.5, 0.6) is 0 Å². The number of imidazole rings is 1. The quantitative estimate of drug-likeness (QED) is 0.809. The molecule has 0 aliphatic carbocycles. The van der Waals surface area contributed by atoms with Gasteiger partial charge in [0, 0.05) is 37.9 Å². The molecular formula is C18H28N6O2S. The molecule has 0 aromatic carbocycles. The van der Waals surface area contributed by atoms with Gasteiger partial charge >= 0.3 is 0 Å². The molecular weight excluding hydrogens is 364 g/mol. The first-order valence-electron chi connectivity index (χ1n) is 9.38. The molecule has 0 saturated carbocycles. The van der Waals surface area contributed by atoms with Crippen molar-refractivity contribution in [3.63, 3.8) is 0 Å². The third-order valence-corrected chi connectivity index (χ3v) is 5.93. The Labute approximate surface area is 161 Å². The van der Waals surface area contributed by atoms with E-state index in [0.717, 1.165) is 37.4 Å². The van der Waals surface area contributed by atoms with E-state index in [0.29, 0.717) is 11.6 Å². The number of aryl methyl sites for hydroxylation is 2. The van der Waals surface area contributed by atoms with Gasteiger partial charge in [0.25, 0.3) is 10.0 Å². The van der Waals surface area contributed by atoms with Crippen LogP contribution in [0, 0.1) is 6.92 Å². The Hall–Kier alpha value is -2.00. The highest BCUT2D eigenvalue weighted by molar-refractivity contribution is 7.89. The second-order valence-electron chi connectivity index (χ2n) is 7.38. The van der Waals surface area contributed by atoms with Crippen molar-refractivity contribution in [1.82, 2.24) is 24.2 Å². The number of anilines is 1. The van der Waals surface area contributed by atoms with E-state index in [2.05, 4.69) is 24.6 Å². The minimum absolute atomic E-state index is 0.0377. The van der Waals surface area contributed by atoms with Crippen LogP contribution in [-0.2, 0) is 23.6 Å². The normalized spacial score (nSPS) is 15.5. The third kappa shape index (κ3) is 4.65. The maximum Gasteiger partial charge on any atom is 0.259 e. The Morgan fingerprint density at radius 3 is 2.48 bits per heavy atom. The van der Waals surface area contributed by atoms with Crippen LogP contribution in [0.2, 0.25) is 0 Å². The maximum absolute atomic E-state index is 12.6. The number of hydrogen-bond acceptors (Lipinski definition) is 6. The summed E-state index contributed by atoms with van der Waals surface area (Å²) in [6.45, 7) is 7.87. The van der Waals surface area contributed by atoms with Gasteiger partial charge in [0.05, 0.1) is 12.2 Å². The summed E-state index contributed by atoms with van der Waals surface area (Å²) in [6, 6.07) is 1.81. The molecule has 2 aromatic heterocycles. The molecule has 1 fully saturated rings. The fourth-order valence-corrected chi connectivity index (χ4v) is 4.30. The summed E-state index contributed by atoms with van der Waals surface area (Å²) < 4.78 is 29.6. The van der Waals surface area contributed by atoms with E-state index in [1.165, 1.54) is 6.42 Å². The Morgan fingerprint density at radius 2 is 1.85 bits per heavy atom. The van der Waals surface area contributed by atoms with Crippen LogP contribution in [0.4, 0.5) is 5.95 Å². The summed E-state index contributed by atoms with van der Waals surface area (Å²) >= 11 is 0. The Kier molecular flexibility index (Phi) is 5.81. The van der Waals surface area contributed by atoms with Crippen LogP contribution in [0.25, 0.3) is 0 Å². The van der Waals surface area contributed by atoms with Gasteiger partial charge in [-0.3, -0.25) is 0 Å². The van der Waals surface area contributed by atoms with Crippen LogP contribution in [0.1, 0.15) is 56.2 Å². The van der Waals surface area contributed by atoms with Crippen molar-refractivity contribution in [3.8, 4) is 0 Å². The van der Waals surface area contributed by atoms with Crippen LogP contribution in [0.15, 0.2) is 17.3 Å². The standard InChI is InChI=1S/C18H28N6O2S/c1-13(2)17-22-16(12-23(17)4)27(25,26)19-11-15-10-14(3)20-18(21-15)24-8-6-5-7-9-24/h10,12-13,19H,5-9,11H2,1-4H3. The third-order valence-electron chi connectivity index (χ3n) is 4.66. The van der Waals surface area contributed by atoms with E-state index < -0.39 is 10.0 Å². The van der Waals surface area contributed by atoms with Crippen molar-refractivity contribution in [2.45, 2.75) is 57.5 Å². The summed E-state index contributed by atoms with van der Waals surface area (Å²) in [5, 5.41) is 0.0377. The predicted octanol–water partition coefficient (Wildman–Crippen LogP) is 2.11. The minimum Gasteiger partial charge on any atom is -0.341 e. The molecule has 0 unspecified atom stereocenters. The van der Waals surface area contributed by atoms with Gasteiger partial charge < -0.3 is 9.47 Å². The summed E-state index contributed by atoms with van der Waals surface area (Å²) in [6.07, 6.45) is 5.05. The number of aromatic nitrogens is 4. The van der Waals surface area contributed by atoms with Gasteiger partial charge in [0.2, 0.25) is 5.95 Å². The molecule has 27 heavy (non-hydrogen) atoms. The Balaban J connectivity index is 1.75. The highest BCUT2D eigenvalue weighted by Crippen LogP contribution is 2.18. The smallest absolute Gasteiger partial charge is 0.259 e. The van der Waals surface area contributed by atoms with E-state index in [-0.39, 0.29) is 17.5 Å². The monoisotopic (exact) mass is 392 g/mol. The molecule has 1 aliphatic heterocycles. The molecule has 0 spiro atoms. The summed E-state index contributed by atoms with van der Waals surface area (Å²) in [7, 11) is -1.89. The van der Waals surface area contributed by atoms with Gasteiger partial charge in [-0.15, -0.1) is 0 Å². The number of rotatable bonds is 6. The fourth-order valence-electron chi connectivity index (χ4n) is 3.30. The summed E-state index contributed by atoms with van der Waals surface area (Å²) in [4.78, 5) is 15.5. The zero-order valence-corrected chi connectivity index (χ0v) is 17.3. The molecule has 8 nitrogen and oxygen atoms in total. The van der Waals surface area contributed by atoms with Gasteiger partial charge in [-0.2, -0.15) is 0 Å². The van der Waals surface area contributed by atoms with Crippen molar-refractivity contribution in [3.05, 3.63) is 29.5 Å². The molecule has 0 radical (unpaired) electrons. The van der Waals surface area contributed by atoms with Gasteiger partial charge in [0.15, 0.2) is 5.03 Å². The highest BCUT2D eigenvalue weighted by Gasteiger charge is 2.21. The van der Waals surface area contributed by atoms with Crippen molar-refractivity contribution in [2.75, 3.05) is 18.0 Å². The molecule has 0 amide bonds. The van der Waals surface area contributed by atoms with Crippen molar-refractivity contribution < 1.29 is 8.42 Å². The first kappa shape index (κ1) is 19.8. The van der Waals surface area contributed by atoms with E-state index >= 15 is 0 Å². The second-order valence-corrected chi connectivity index (χ2v) is 9.09. The van der Waals surface area contributed by atoms with Crippen LogP contribution in [-0.4, -0.2) is 41.0 Å². The lowest BCUT2D eigenvalue weighted by Crippen LogP contribution is -2.32. The molecule has 3 rings (SSSR count). The topological polar surface area (TPSA) is 93.0 Å². The lowest BCUT2D eigenvalue weighted by Gasteiger charge is -2.27. The van der Waals surface area contributed by atoms with Gasteiger partial charge in [-0.05, 0) is 32.3 Å². The lowest BCUT2D eigenvalue weighted by molar-refractivity contribution is 0.564. The summed E-state index contributed by atoms with van der Waals surface area (Å²) in [5.41, 5.74) is 1.49. The Bertz CT molecular complexity index is 901. The number of hydrogen-bond donors (Lipinski definition) is 1. The lowest BCUT2D eigenvalue weighted by atomic mass is 10.1. The van der Waals surface area contributed by atoms with Crippen LogP contribution in [0.3, 0.4) is 0 Å². The van der Waals surface area contributed by atoms with Crippen molar-refractivity contribution in [1.29, 1.82) is 0 Å². The molecule has 0 atom stereocenters. The average Bonchev–Trinajstić information content (AvgIpc) is 3.03. The number of sulfonamides is 1. The number of nitrogens with zero attached hydrogens (tertiary/aromatic N) is 5. The molecule has 1 saturated heterocycles. The summed E-state index contributed by atoms with van der Waals surface area (Å²) in [5.74, 6) is 1.57. The number of nitrogens with one attached hydrogen (secondary N) is 1. The van der Waals surface area contributed by atoms with Crippen molar-refractivity contribution >= 4 is 16.0 Å². The molecule has 1 N–H and O–H groups in total. The molecule has 9 heteroatoms. The SMILES string of the molecule is Cc1cc(CNS(=O)(=O)c2cn(C)c(C(C)C)n2)nc(N2CCCCC2)n1. The molecule has 0 bridgehead atoms. The molecule has 1 aliphatic rings. The van der Waals surface area contributed by atoms with Gasteiger partial charge in [0.1, 0.15) is 5.82 Å². The van der Waals surface area contributed by atoms with Gasteiger partial charge in [-0.1, -0.05) is 13.8 Å². The average molecular weight is 393 g/mol. The second kappa shape index (κ2) is 7.93. The van der Waals surface area contributed by atoms with Gasteiger partial charge in [-0.25, -0.2) is 28.1 Å². The van der Waals surface area contributed by atoms with E-state index in [4.69, 9.17) is 0 Å². The van der Waals surface area contributed by atoms with Crippen LogP contribution < -0.4 is 9.62 Å². The predicted molar refractivity (Wildman–Crippen MR) is 104 cm³/mol. The van der Waals surface area contributed by atoms with Crippen molar-refractivity contribution in [2.24, 2.45) is 7.05 Å². The molecule has 148 valence electrons. The highest BCUT2D eigenvalue weighted by atomic mass is 32.2. The Morgan fingerprint density at radius 1 is 1.15 bits per heavy atom. The van der Waals surface area contributed by atoms with E-state index in [1.54, 1.807) is 17.8 Å². The minimum atomic E-state index is -3.70. The largest absolute Gasteiger partial charge is 0.341 e. The number of piperidine rings is 1. The zero-order valence-electron chi connectivity index (χ0n) is 16.4. The molecule has 2 aromatic rings. The van der Waals surface area contributed by atoms with Crippen LogP contribution >= 0.6 is 0 Å². The first-order chi connectivity index (χ1) is 12.8. The zero-order chi connectivity index (χ0) is 19.6. The van der Waals surface area contributed by atoms with E-state index in [1.807, 2.05) is 26.8 Å². The fraction of sp³-hybridized carbons (Fsp3) is 0.611.